The van der Waals surface area contributed by atoms with Crippen molar-refractivity contribution in [2.75, 3.05) is 5.32 Å². The van der Waals surface area contributed by atoms with Gasteiger partial charge in [0.25, 0.3) is 0 Å². The Hall–Kier alpha value is -2.49. The molecule has 0 fully saturated rings. The van der Waals surface area contributed by atoms with E-state index in [-0.39, 0.29) is 17.5 Å². The summed E-state index contributed by atoms with van der Waals surface area (Å²) < 4.78 is 5.74. The molecule has 2 N–H and O–H groups in total. The first-order valence-electron chi connectivity index (χ1n) is 7.75. The van der Waals surface area contributed by atoms with E-state index in [2.05, 4.69) is 10.6 Å². The van der Waals surface area contributed by atoms with Crippen LogP contribution in [0.5, 0.6) is 11.5 Å². The average Bonchev–Trinajstić information content (AvgIpc) is 2.48. The van der Waals surface area contributed by atoms with Crippen LogP contribution in [0.1, 0.15) is 27.7 Å². The van der Waals surface area contributed by atoms with Crippen LogP contribution in [-0.4, -0.2) is 17.5 Å². The van der Waals surface area contributed by atoms with E-state index in [4.69, 9.17) is 4.74 Å². The Kier molecular flexibility index (Phi) is 5.27. The van der Waals surface area contributed by atoms with E-state index >= 15 is 0 Å². The molecule has 0 radical (unpaired) electrons. The number of nitrogens with one attached hydrogen (secondary N) is 2. The van der Waals surface area contributed by atoms with Crippen molar-refractivity contribution in [2.24, 2.45) is 0 Å². The highest BCUT2D eigenvalue weighted by molar-refractivity contribution is 5.84. The Morgan fingerprint density at radius 2 is 1.52 bits per heavy atom. The van der Waals surface area contributed by atoms with Gasteiger partial charge in [-0.2, -0.15) is 0 Å². The van der Waals surface area contributed by atoms with Crippen molar-refractivity contribution in [1.29, 1.82) is 0 Å². The van der Waals surface area contributed by atoms with Gasteiger partial charge < -0.3 is 15.4 Å². The van der Waals surface area contributed by atoms with Crippen molar-refractivity contribution in [3.05, 3.63) is 54.6 Å². The molecule has 0 aromatic heterocycles. The SMILES string of the molecule is CC(Nc1ccc(Oc2ccccc2)cc1)C(=O)NC(C)(C)C. The van der Waals surface area contributed by atoms with Crippen LogP contribution in [0.3, 0.4) is 0 Å². The molecule has 0 aliphatic carbocycles. The highest BCUT2D eigenvalue weighted by Crippen LogP contribution is 2.22. The van der Waals surface area contributed by atoms with Crippen molar-refractivity contribution in [2.45, 2.75) is 39.3 Å². The lowest BCUT2D eigenvalue weighted by atomic mass is 10.1. The maximum atomic E-state index is 12.1. The number of benzene rings is 2. The summed E-state index contributed by atoms with van der Waals surface area (Å²) in [7, 11) is 0. The Morgan fingerprint density at radius 3 is 2.09 bits per heavy atom. The van der Waals surface area contributed by atoms with Gasteiger partial charge in [0.05, 0.1) is 0 Å². The fourth-order valence-electron chi connectivity index (χ4n) is 2.04. The number of anilines is 1. The first-order chi connectivity index (χ1) is 10.8. The predicted octanol–water partition coefficient (Wildman–Crippen LogP) is 4.19. The first-order valence-corrected chi connectivity index (χ1v) is 7.75. The predicted molar refractivity (Wildman–Crippen MR) is 93.9 cm³/mol. The molecule has 1 unspecified atom stereocenters. The van der Waals surface area contributed by atoms with Gasteiger partial charge in [-0.15, -0.1) is 0 Å². The van der Waals surface area contributed by atoms with Crippen LogP contribution < -0.4 is 15.4 Å². The molecular formula is C19H24N2O2. The zero-order valence-electron chi connectivity index (χ0n) is 14.1. The van der Waals surface area contributed by atoms with Crippen molar-refractivity contribution in [3.63, 3.8) is 0 Å². The number of rotatable bonds is 5. The molecule has 4 nitrogen and oxygen atoms in total. The number of amides is 1. The zero-order chi connectivity index (χ0) is 16.9. The minimum Gasteiger partial charge on any atom is -0.457 e. The number of ether oxygens (including phenoxy) is 1. The van der Waals surface area contributed by atoms with Crippen molar-refractivity contribution in [3.8, 4) is 11.5 Å². The van der Waals surface area contributed by atoms with E-state index in [1.807, 2.05) is 82.3 Å². The van der Waals surface area contributed by atoms with Gasteiger partial charge in [0.15, 0.2) is 0 Å². The smallest absolute Gasteiger partial charge is 0.242 e. The third-order valence-electron chi connectivity index (χ3n) is 3.11. The van der Waals surface area contributed by atoms with Gasteiger partial charge in [0.1, 0.15) is 17.5 Å². The Morgan fingerprint density at radius 1 is 0.957 bits per heavy atom. The molecule has 23 heavy (non-hydrogen) atoms. The van der Waals surface area contributed by atoms with Gasteiger partial charge in [-0.25, -0.2) is 0 Å². The molecule has 2 aromatic rings. The van der Waals surface area contributed by atoms with Crippen molar-refractivity contribution < 1.29 is 9.53 Å². The molecule has 0 aliphatic heterocycles. The molecule has 0 spiro atoms. The Balaban J connectivity index is 1.93. The third-order valence-corrected chi connectivity index (χ3v) is 3.11. The summed E-state index contributed by atoms with van der Waals surface area (Å²) in [6.07, 6.45) is 0. The molecule has 1 atom stereocenters. The van der Waals surface area contributed by atoms with E-state index in [1.54, 1.807) is 0 Å². The lowest BCUT2D eigenvalue weighted by Crippen LogP contribution is -2.47. The number of carbonyl (C=O) groups excluding carboxylic acids is 1. The summed E-state index contributed by atoms with van der Waals surface area (Å²) in [5.74, 6) is 1.53. The zero-order valence-corrected chi connectivity index (χ0v) is 14.1. The van der Waals surface area contributed by atoms with Gasteiger partial charge in [-0.3, -0.25) is 4.79 Å². The molecule has 2 rings (SSSR count). The van der Waals surface area contributed by atoms with Gasteiger partial charge in [0.2, 0.25) is 5.91 Å². The molecule has 4 heteroatoms. The lowest BCUT2D eigenvalue weighted by molar-refractivity contribution is -0.122. The minimum absolute atomic E-state index is 0.0258. The summed E-state index contributed by atoms with van der Waals surface area (Å²) in [5, 5.41) is 6.14. The number of para-hydroxylation sites is 1. The molecule has 0 bridgehead atoms. The number of carbonyl (C=O) groups is 1. The highest BCUT2D eigenvalue weighted by Gasteiger charge is 2.18. The fraction of sp³-hybridized carbons (Fsp3) is 0.316. The summed E-state index contributed by atoms with van der Waals surface area (Å²) in [4.78, 5) is 12.1. The van der Waals surface area contributed by atoms with Crippen molar-refractivity contribution >= 4 is 11.6 Å². The minimum atomic E-state index is -0.310. The van der Waals surface area contributed by atoms with Crippen LogP contribution in [0.4, 0.5) is 5.69 Å². The summed E-state index contributed by atoms with van der Waals surface area (Å²) in [6.45, 7) is 7.74. The number of hydrogen-bond acceptors (Lipinski definition) is 3. The number of hydrogen-bond donors (Lipinski definition) is 2. The normalized spacial score (nSPS) is 12.3. The standard InChI is InChI=1S/C19H24N2O2/c1-14(18(22)21-19(2,3)4)20-15-10-12-17(13-11-15)23-16-8-6-5-7-9-16/h5-14,20H,1-4H3,(H,21,22). The van der Waals surface area contributed by atoms with E-state index in [0.29, 0.717) is 0 Å². The highest BCUT2D eigenvalue weighted by atomic mass is 16.5. The molecule has 2 aromatic carbocycles. The van der Waals surface area contributed by atoms with Crippen LogP contribution in [-0.2, 0) is 4.79 Å². The van der Waals surface area contributed by atoms with Gasteiger partial charge in [-0.1, -0.05) is 18.2 Å². The average molecular weight is 312 g/mol. The molecule has 0 heterocycles. The van der Waals surface area contributed by atoms with Crippen molar-refractivity contribution in [1.82, 2.24) is 5.32 Å². The maximum Gasteiger partial charge on any atom is 0.242 e. The van der Waals surface area contributed by atoms with Crippen LogP contribution in [0.15, 0.2) is 54.6 Å². The molecular weight excluding hydrogens is 288 g/mol. The van der Waals surface area contributed by atoms with Crippen LogP contribution in [0.25, 0.3) is 0 Å². The third kappa shape index (κ3) is 5.66. The molecule has 0 saturated heterocycles. The van der Waals surface area contributed by atoms with Gasteiger partial charge in [0, 0.05) is 11.2 Å². The fourth-order valence-corrected chi connectivity index (χ4v) is 2.04. The maximum absolute atomic E-state index is 12.1. The Labute approximate surface area is 137 Å². The van der Waals surface area contributed by atoms with Crippen LogP contribution >= 0.6 is 0 Å². The molecule has 1 amide bonds. The van der Waals surface area contributed by atoms with Crippen LogP contribution in [0, 0.1) is 0 Å². The molecule has 0 aliphatic rings. The second-order valence-corrected chi connectivity index (χ2v) is 6.54. The Bertz CT molecular complexity index is 631. The summed E-state index contributed by atoms with van der Waals surface area (Å²) in [5.41, 5.74) is 0.641. The molecule has 0 saturated carbocycles. The first kappa shape index (κ1) is 16.9. The quantitative estimate of drug-likeness (QED) is 0.870. The van der Waals surface area contributed by atoms with Crippen LogP contribution in [0.2, 0.25) is 0 Å². The van der Waals surface area contributed by atoms with Gasteiger partial charge in [-0.05, 0) is 64.1 Å². The topological polar surface area (TPSA) is 50.4 Å². The second kappa shape index (κ2) is 7.18. The largest absolute Gasteiger partial charge is 0.457 e. The lowest BCUT2D eigenvalue weighted by Gasteiger charge is -2.24. The monoisotopic (exact) mass is 312 g/mol. The van der Waals surface area contributed by atoms with E-state index in [0.717, 1.165) is 17.2 Å². The van der Waals surface area contributed by atoms with E-state index in [1.165, 1.54) is 0 Å². The summed E-state index contributed by atoms with van der Waals surface area (Å²) >= 11 is 0. The van der Waals surface area contributed by atoms with Gasteiger partial charge >= 0.3 is 0 Å². The summed E-state index contributed by atoms with van der Waals surface area (Å²) in [6, 6.07) is 16.9. The molecule has 122 valence electrons. The second-order valence-electron chi connectivity index (χ2n) is 6.54. The van der Waals surface area contributed by atoms with E-state index in [9.17, 15) is 4.79 Å². The van der Waals surface area contributed by atoms with E-state index < -0.39 is 0 Å².